The summed E-state index contributed by atoms with van der Waals surface area (Å²) < 4.78 is 1.68. The normalized spacial score (nSPS) is 10.2. The molecule has 6 nitrogen and oxygen atoms in total. The maximum Gasteiger partial charge on any atom is 0.271 e. The Balaban J connectivity index is 1.63. The highest BCUT2D eigenvalue weighted by molar-refractivity contribution is 6.33. The molecule has 0 saturated heterocycles. The average molecular weight is 341 g/mol. The average Bonchev–Trinajstić information content (AvgIpc) is 3.14. The molecule has 0 spiro atoms. The molecular weight excluding hydrogens is 328 g/mol. The van der Waals surface area contributed by atoms with Crippen LogP contribution in [0.25, 0.3) is 5.69 Å². The highest BCUT2D eigenvalue weighted by atomic mass is 35.5. The minimum Gasteiger partial charge on any atom is -0.267 e. The molecule has 2 aromatic carbocycles. The van der Waals surface area contributed by atoms with E-state index in [4.69, 9.17) is 11.6 Å². The predicted octanol–water partition coefficient (Wildman–Crippen LogP) is 2.60. The SMILES string of the molecule is O=C(NNC(=O)c1ccccc1Cl)c1ccc(-n2cccn2)cc1. The summed E-state index contributed by atoms with van der Waals surface area (Å²) in [5.41, 5.74) is 6.22. The predicted molar refractivity (Wildman–Crippen MR) is 89.9 cm³/mol. The Morgan fingerprint density at radius 2 is 1.62 bits per heavy atom. The Labute approximate surface area is 143 Å². The minimum atomic E-state index is -0.484. The van der Waals surface area contributed by atoms with Crippen LogP contribution < -0.4 is 10.9 Å². The van der Waals surface area contributed by atoms with Gasteiger partial charge in [0.1, 0.15) is 0 Å². The zero-order chi connectivity index (χ0) is 16.9. The van der Waals surface area contributed by atoms with Crippen LogP contribution in [0.5, 0.6) is 0 Å². The van der Waals surface area contributed by atoms with E-state index in [-0.39, 0.29) is 5.56 Å². The van der Waals surface area contributed by atoms with Crippen molar-refractivity contribution in [1.29, 1.82) is 0 Å². The van der Waals surface area contributed by atoms with Crippen LogP contribution in [0, 0.1) is 0 Å². The molecule has 0 fully saturated rings. The zero-order valence-electron chi connectivity index (χ0n) is 12.4. The Morgan fingerprint density at radius 3 is 2.29 bits per heavy atom. The maximum atomic E-state index is 12.1. The van der Waals surface area contributed by atoms with E-state index < -0.39 is 11.8 Å². The van der Waals surface area contributed by atoms with Gasteiger partial charge < -0.3 is 0 Å². The molecule has 0 aliphatic heterocycles. The van der Waals surface area contributed by atoms with Gasteiger partial charge in [-0.15, -0.1) is 0 Å². The molecule has 120 valence electrons. The van der Waals surface area contributed by atoms with Gasteiger partial charge in [0.05, 0.1) is 16.3 Å². The summed E-state index contributed by atoms with van der Waals surface area (Å²) in [6.07, 6.45) is 3.48. The number of aromatic nitrogens is 2. The van der Waals surface area contributed by atoms with Crippen molar-refractivity contribution in [2.24, 2.45) is 0 Å². The summed E-state index contributed by atoms with van der Waals surface area (Å²) >= 11 is 5.94. The van der Waals surface area contributed by atoms with E-state index in [1.54, 1.807) is 65.6 Å². The highest BCUT2D eigenvalue weighted by Crippen LogP contribution is 2.14. The van der Waals surface area contributed by atoms with Crippen LogP contribution in [0.15, 0.2) is 67.0 Å². The van der Waals surface area contributed by atoms with Gasteiger partial charge in [-0.3, -0.25) is 20.4 Å². The molecule has 7 heteroatoms. The molecule has 0 saturated carbocycles. The Bertz CT molecular complexity index is 861. The van der Waals surface area contributed by atoms with Crippen LogP contribution in [0.3, 0.4) is 0 Å². The second kappa shape index (κ2) is 6.97. The molecule has 3 aromatic rings. The number of rotatable bonds is 3. The van der Waals surface area contributed by atoms with Crippen molar-refractivity contribution < 1.29 is 9.59 Å². The molecule has 2 N–H and O–H groups in total. The zero-order valence-corrected chi connectivity index (χ0v) is 13.2. The van der Waals surface area contributed by atoms with Gasteiger partial charge in [0.15, 0.2) is 0 Å². The van der Waals surface area contributed by atoms with E-state index in [9.17, 15) is 9.59 Å². The third kappa shape index (κ3) is 3.44. The quantitative estimate of drug-likeness (QED) is 0.719. The fraction of sp³-hybridized carbons (Fsp3) is 0. The maximum absolute atomic E-state index is 12.1. The summed E-state index contributed by atoms with van der Waals surface area (Å²) in [6, 6.07) is 15.2. The van der Waals surface area contributed by atoms with Crippen molar-refractivity contribution in [3.05, 3.63) is 83.1 Å². The molecule has 0 unspecified atom stereocenters. The number of carbonyl (C=O) groups excluding carboxylic acids is 2. The number of amides is 2. The van der Waals surface area contributed by atoms with Crippen LogP contribution in [0.4, 0.5) is 0 Å². The topological polar surface area (TPSA) is 76.0 Å². The molecule has 0 aliphatic carbocycles. The summed E-state index contributed by atoms with van der Waals surface area (Å²) in [5.74, 6) is -0.912. The molecule has 0 radical (unpaired) electrons. The van der Waals surface area contributed by atoms with E-state index in [1.807, 2.05) is 6.07 Å². The van der Waals surface area contributed by atoms with Gasteiger partial charge in [-0.25, -0.2) is 4.68 Å². The fourth-order valence-electron chi connectivity index (χ4n) is 2.09. The van der Waals surface area contributed by atoms with Gasteiger partial charge in [-0.05, 0) is 42.5 Å². The monoisotopic (exact) mass is 340 g/mol. The van der Waals surface area contributed by atoms with Crippen LogP contribution in [0.1, 0.15) is 20.7 Å². The van der Waals surface area contributed by atoms with E-state index in [1.165, 1.54) is 0 Å². The largest absolute Gasteiger partial charge is 0.271 e. The Kier molecular flexibility index (Phi) is 4.58. The van der Waals surface area contributed by atoms with Gasteiger partial charge in [0.2, 0.25) is 0 Å². The second-order valence-corrected chi connectivity index (χ2v) is 5.29. The lowest BCUT2D eigenvalue weighted by atomic mass is 10.2. The lowest BCUT2D eigenvalue weighted by molar-refractivity contribution is 0.0847. The number of nitrogens with zero attached hydrogens (tertiary/aromatic N) is 2. The Hall–Kier alpha value is -3.12. The summed E-state index contributed by atoms with van der Waals surface area (Å²) in [7, 11) is 0. The van der Waals surface area contributed by atoms with Gasteiger partial charge in [-0.1, -0.05) is 23.7 Å². The fourth-order valence-corrected chi connectivity index (χ4v) is 2.31. The van der Waals surface area contributed by atoms with Crippen LogP contribution in [-0.2, 0) is 0 Å². The second-order valence-electron chi connectivity index (χ2n) is 4.89. The summed E-state index contributed by atoms with van der Waals surface area (Å²) in [5, 5.41) is 4.42. The molecule has 3 rings (SSSR count). The van der Waals surface area contributed by atoms with Crippen molar-refractivity contribution in [3.8, 4) is 5.69 Å². The Morgan fingerprint density at radius 1 is 0.917 bits per heavy atom. The number of hydrogen-bond acceptors (Lipinski definition) is 3. The first-order chi connectivity index (χ1) is 11.6. The van der Waals surface area contributed by atoms with Gasteiger partial charge in [0, 0.05) is 18.0 Å². The molecule has 2 amide bonds. The number of benzene rings is 2. The van der Waals surface area contributed by atoms with Crippen molar-refractivity contribution in [3.63, 3.8) is 0 Å². The number of hydrazine groups is 1. The van der Waals surface area contributed by atoms with E-state index >= 15 is 0 Å². The van der Waals surface area contributed by atoms with Gasteiger partial charge in [0.25, 0.3) is 11.8 Å². The van der Waals surface area contributed by atoms with Crippen molar-refractivity contribution in [2.75, 3.05) is 0 Å². The highest BCUT2D eigenvalue weighted by Gasteiger charge is 2.11. The van der Waals surface area contributed by atoms with E-state index in [0.717, 1.165) is 5.69 Å². The first kappa shape index (κ1) is 15.8. The summed E-state index contributed by atoms with van der Waals surface area (Å²) in [4.78, 5) is 24.1. The van der Waals surface area contributed by atoms with Crippen molar-refractivity contribution >= 4 is 23.4 Å². The number of hydrogen-bond donors (Lipinski definition) is 2. The van der Waals surface area contributed by atoms with Crippen LogP contribution in [-0.4, -0.2) is 21.6 Å². The van der Waals surface area contributed by atoms with Crippen molar-refractivity contribution in [1.82, 2.24) is 20.6 Å². The molecule has 1 aromatic heterocycles. The molecule has 1 heterocycles. The molecule has 0 bridgehead atoms. The van der Waals surface area contributed by atoms with Crippen LogP contribution >= 0.6 is 11.6 Å². The molecule has 24 heavy (non-hydrogen) atoms. The van der Waals surface area contributed by atoms with Crippen molar-refractivity contribution in [2.45, 2.75) is 0 Å². The standard InChI is InChI=1S/C17H13ClN4O2/c18-15-5-2-1-4-14(15)17(24)21-20-16(23)12-6-8-13(9-7-12)22-11-3-10-19-22/h1-11H,(H,20,23)(H,21,24). The third-order valence-corrected chi connectivity index (χ3v) is 3.64. The first-order valence-corrected chi connectivity index (χ1v) is 7.48. The number of halogens is 1. The van der Waals surface area contributed by atoms with Crippen LogP contribution in [0.2, 0.25) is 5.02 Å². The third-order valence-electron chi connectivity index (χ3n) is 3.31. The van der Waals surface area contributed by atoms with E-state index in [0.29, 0.717) is 10.6 Å². The summed E-state index contributed by atoms with van der Waals surface area (Å²) in [6.45, 7) is 0. The minimum absolute atomic E-state index is 0.286. The molecule has 0 aliphatic rings. The number of nitrogens with one attached hydrogen (secondary N) is 2. The van der Waals surface area contributed by atoms with Gasteiger partial charge >= 0.3 is 0 Å². The molecule has 0 atom stereocenters. The molecular formula is C17H13ClN4O2. The van der Waals surface area contributed by atoms with Gasteiger partial charge in [-0.2, -0.15) is 5.10 Å². The first-order valence-electron chi connectivity index (χ1n) is 7.10. The lowest BCUT2D eigenvalue weighted by Gasteiger charge is -2.09. The number of carbonyl (C=O) groups is 2. The van der Waals surface area contributed by atoms with E-state index in [2.05, 4.69) is 16.0 Å². The smallest absolute Gasteiger partial charge is 0.267 e. The lowest BCUT2D eigenvalue weighted by Crippen LogP contribution is -2.41.